The number of thiophene rings is 1. The van der Waals surface area contributed by atoms with Crippen LogP contribution in [0.15, 0.2) is 17.5 Å². The van der Waals surface area contributed by atoms with Gasteiger partial charge in [0, 0.05) is 17.5 Å². The highest BCUT2D eigenvalue weighted by Gasteiger charge is 2.14. The number of hydrogen-bond acceptors (Lipinski definition) is 4. The molecule has 4 heteroatoms. The Balaban J connectivity index is 1.65. The lowest BCUT2D eigenvalue weighted by atomic mass is 10.2. The van der Waals surface area contributed by atoms with Gasteiger partial charge in [-0.1, -0.05) is 6.07 Å². The molecule has 1 aromatic rings. The van der Waals surface area contributed by atoms with Gasteiger partial charge in [0.05, 0.1) is 12.7 Å². The minimum Gasteiger partial charge on any atom is -0.355 e. The van der Waals surface area contributed by atoms with Gasteiger partial charge in [0.15, 0.2) is 0 Å². The smallest absolute Gasteiger partial charge is 0.147 e. The maximum atomic E-state index is 5.48. The van der Waals surface area contributed by atoms with Gasteiger partial charge in [0.25, 0.3) is 0 Å². The molecule has 3 nitrogen and oxygen atoms in total. The van der Waals surface area contributed by atoms with Crippen LogP contribution in [0.5, 0.6) is 0 Å². The van der Waals surface area contributed by atoms with Crippen molar-refractivity contribution >= 4 is 11.3 Å². The standard InChI is InChI=1S/C12H19NO2S/c1-10(7-12-3-2-6-16-12)13-8-11-4-5-14-9-15-11/h2-3,6,10-11,13H,4-5,7-9H2,1H3. The average molecular weight is 241 g/mol. The van der Waals surface area contributed by atoms with Crippen molar-refractivity contribution in [3.8, 4) is 0 Å². The van der Waals surface area contributed by atoms with Gasteiger partial charge in [-0.25, -0.2) is 0 Å². The van der Waals surface area contributed by atoms with Crippen molar-refractivity contribution in [3.05, 3.63) is 22.4 Å². The predicted octanol–water partition coefficient (Wildman–Crippen LogP) is 2.03. The van der Waals surface area contributed by atoms with Crippen LogP contribution in [0.3, 0.4) is 0 Å². The number of nitrogens with one attached hydrogen (secondary N) is 1. The molecule has 1 fully saturated rings. The molecule has 1 saturated heterocycles. The second-order valence-electron chi connectivity index (χ2n) is 4.20. The molecule has 16 heavy (non-hydrogen) atoms. The Hall–Kier alpha value is -0.420. The predicted molar refractivity (Wildman–Crippen MR) is 65.8 cm³/mol. The van der Waals surface area contributed by atoms with E-state index in [4.69, 9.17) is 9.47 Å². The first kappa shape index (κ1) is 12.0. The molecular weight excluding hydrogens is 222 g/mol. The van der Waals surface area contributed by atoms with E-state index in [0.717, 1.165) is 26.0 Å². The van der Waals surface area contributed by atoms with Crippen LogP contribution in [0.25, 0.3) is 0 Å². The van der Waals surface area contributed by atoms with E-state index in [-0.39, 0.29) is 0 Å². The molecule has 1 N–H and O–H groups in total. The Morgan fingerprint density at radius 2 is 2.56 bits per heavy atom. The Bertz CT molecular complexity index is 283. The van der Waals surface area contributed by atoms with E-state index in [2.05, 4.69) is 29.8 Å². The van der Waals surface area contributed by atoms with Crippen molar-refractivity contribution < 1.29 is 9.47 Å². The van der Waals surface area contributed by atoms with Crippen molar-refractivity contribution in [2.75, 3.05) is 19.9 Å². The molecule has 2 atom stereocenters. The third-order valence-corrected chi connectivity index (χ3v) is 3.65. The highest BCUT2D eigenvalue weighted by atomic mass is 32.1. The summed E-state index contributed by atoms with van der Waals surface area (Å²) < 4.78 is 10.6. The molecule has 0 aliphatic carbocycles. The topological polar surface area (TPSA) is 30.5 Å². The summed E-state index contributed by atoms with van der Waals surface area (Å²) in [6.45, 7) is 4.42. The van der Waals surface area contributed by atoms with Crippen molar-refractivity contribution in [1.29, 1.82) is 0 Å². The number of rotatable bonds is 5. The zero-order valence-electron chi connectivity index (χ0n) is 9.65. The summed E-state index contributed by atoms with van der Waals surface area (Å²) in [6.07, 6.45) is 2.42. The molecule has 0 spiro atoms. The summed E-state index contributed by atoms with van der Waals surface area (Å²) in [7, 11) is 0. The van der Waals surface area contributed by atoms with E-state index >= 15 is 0 Å². The first-order valence-electron chi connectivity index (χ1n) is 5.79. The Morgan fingerprint density at radius 1 is 1.62 bits per heavy atom. The van der Waals surface area contributed by atoms with E-state index in [0.29, 0.717) is 18.9 Å². The summed E-state index contributed by atoms with van der Waals surface area (Å²) in [6, 6.07) is 4.80. The van der Waals surface area contributed by atoms with Crippen LogP contribution in [0.1, 0.15) is 18.2 Å². The minimum atomic E-state index is 0.319. The maximum Gasteiger partial charge on any atom is 0.147 e. The lowest BCUT2D eigenvalue weighted by molar-refractivity contribution is -0.137. The monoisotopic (exact) mass is 241 g/mol. The average Bonchev–Trinajstić information content (AvgIpc) is 2.81. The highest BCUT2D eigenvalue weighted by Crippen LogP contribution is 2.11. The van der Waals surface area contributed by atoms with E-state index < -0.39 is 0 Å². The summed E-state index contributed by atoms with van der Waals surface area (Å²) in [5, 5.41) is 5.65. The first-order valence-corrected chi connectivity index (χ1v) is 6.67. The molecule has 2 unspecified atom stereocenters. The van der Waals surface area contributed by atoms with Gasteiger partial charge in [0.1, 0.15) is 6.79 Å². The third-order valence-electron chi connectivity index (χ3n) is 2.75. The summed E-state index contributed by atoms with van der Waals surface area (Å²) in [5.74, 6) is 0. The van der Waals surface area contributed by atoms with E-state index in [1.54, 1.807) is 0 Å². The second-order valence-corrected chi connectivity index (χ2v) is 5.23. The summed E-state index contributed by atoms with van der Waals surface area (Å²) in [4.78, 5) is 1.44. The van der Waals surface area contributed by atoms with Gasteiger partial charge in [-0.2, -0.15) is 0 Å². The quantitative estimate of drug-likeness (QED) is 0.855. The van der Waals surface area contributed by atoms with Gasteiger partial charge in [-0.3, -0.25) is 0 Å². The molecular formula is C12H19NO2S. The Labute approximate surface area is 101 Å². The molecule has 0 bridgehead atoms. The van der Waals surface area contributed by atoms with Crippen LogP contribution in [-0.4, -0.2) is 32.1 Å². The zero-order chi connectivity index (χ0) is 11.2. The lowest BCUT2D eigenvalue weighted by Crippen LogP contribution is -2.38. The lowest BCUT2D eigenvalue weighted by Gasteiger charge is -2.24. The van der Waals surface area contributed by atoms with Crippen molar-refractivity contribution in [3.63, 3.8) is 0 Å². The fraction of sp³-hybridized carbons (Fsp3) is 0.667. The molecule has 2 heterocycles. The molecule has 0 radical (unpaired) electrons. The van der Waals surface area contributed by atoms with Gasteiger partial charge in [-0.15, -0.1) is 11.3 Å². The Morgan fingerprint density at radius 3 is 3.25 bits per heavy atom. The van der Waals surface area contributed by atoms with E-state index in [9.17, 15) is 0 Å². The summed E-state index contributed by atoms with van der Waals surface area (Å²) in [5.41, 5.74) is 0. The largest absolute Gasteiger partial charge is 0.355 e. The van der Waals surface area contributed by atoms with Crippen LogP contribution in [-0.2, 0) is 15.9 Å². The fourth-order valence-electron chi connectivity index (χ4n) is 1.80. The van der Waals surface area contributed by atoms with E-state index in [1.165, 1.54) is 4.88 Å². The fourth-order valence-corrected chi connectivity index (χ4v) is 2.63. The van der Waals surface area contributed by atoms with Gasteiger partial charge < -0.3 is 14.8 Å². The molecule has 1 aromatic heterocycles. The molecule has 90 valence electrons. The Kier molecular flexibility index (Phi) is 4.78. The first-order chi connectivity index (χ1) is 7.84. The minimum absolute atomic E-state index is 0.319. The maximum absolute atomic E-state index is 5.48. The molecule has 0 aromatic carbocycles. The van der Waals surface area contributed by atoms with Crippen LogP contribution < -0.4 is 5.32 Å². The van der Waals surface area contributed by atoms with Gasteiger partial charge >= 0.3 is 0 Å². The van der Waals surface area contributed by atoms with Crippen LogP contribution in [0.2, 0.25) is 0 Å². The number of ether oxygens (including phenoxy) is 2. The normalized spacial score (nSPS) is 23.2. The van der Waals surface area contributed by atoms with Crippen molar-refractivity contribution in [2.45, 2.75) is 31.9 Å². The SMILES string of the molecule is CC(Cc1cccs1)NCC1CCOCO1. The van der Waals surface area contributed by atoms with Crippen LogP contribution >= 0.6 is 11.3 Å². The highest BCUT2D eigenvalue weighted by molar-refractivity contribution is 7.09. The molecule has 1 aliphatic heterocycles. The number of hydrogen-bond donors (Lipinski definition) is 1. The summed E-state index contributed by atoms with van der Waals surface area (Å²) >= 11 is 1.82. The van der Waals surface area contributed by atoms with Gasteiger partial charge in [-0.05, 0) is 31.2 Å². The van der Waals surface area contributed by atoms with Crippen LogP contribution in [0.4, 0.5) is 0 Å². The van der Waals surface area contributed by atoms with Crippen molar-refractivity contribution in [1.82, 2.24) is 5.32 Å². The molecule has 2 rings (SSSR count). The van der Waals surface area contributed by atoms with Gasteiger partial charge in [0.2, 0.25) is 0 Å². The van der Waals surface area contributed by atoms with E-state index in [1.807, 2.05) is 11.3 Å². The second kappa shape index (κ2) is 6.35. The zero-order valence-corrected chi connectivity index (χ0v) is 10.5. The molecule has 0 saturated carbocycles. The molecule has 0 amide bonds. The van der Waals surface area contributed by atoms with Crippen LogP contribution in [0, 0.1) is 0 Å². The molecule has 1 aliphatic rings. The third kappa shape index (κ3) is 3.87. The van der Waals surface area contributed by atoms with Crippen molar-refractivity contribution in [2.24, 2.45) is 0 Å².